The van der Waals surface area contributed by atoms with Crippen LogP contribution in [0.25, 0.3) is 0 Å². The summed E-state index contributed by atoms with van der Waals surface area (Å²) in [4.78, 5) is 31.4. The number of hydrogen-bond donors (Lipinski definition) is 1. The highest BCUT2D eigenvalue weighted by Crippen LogP contribution is 2.37. The van der Waals surface area contributed by atoms with Crippen LogP contribution in [0, 0.1) is 11.8 Å². The van der Waals surface area contributed by atoms with E-state index < -0.39 is 0 Å². The monoisotopic (exact) mass is 492 g/mol. The maximum Gasteiger partial charge on any atom is 0.250 e. The molecule has 194 valence electrons. The molecule has 0 spiro atoms. The van der Waals surface area contributed by atoms with E-state index in [1.807, 2.05) is 11.9 Å². The van der Waals surface area contributed by atoms with Crippen LogP contribution in [0.4, 0.5) is 0 Å². The molecule has 0 bridgehead atoms. The Kier molecular flexibility index (Phi) is 13.3. The minimum atomic E-state index is 0.255. The summed E-state index contributed by atoms with van der Waals surface area (Å²) in [6.45, 7) is 11.1. The van der Waals surface area contributed by atoms with Gasteiger partial charge in [-0.25, -0.2) is 0 Å². The Hall–Kier alpha value is -1.31. The highest BCUT2D eigenvalue weighted by molar-refractivity contribution is 8.05. The van der Waals surface area contributed by atoms with Crippen LogP contribution in [-0.2, 0) is 9.59 Å². The Balaban J connectivity index is 0.000000509. The van der Waals surface area contributed by atoms with Gasteiger partial charge in [0, 0.05) is 44.3 Å². The number of piperidine rings is 2. The Morgan fingerprint density at radius 2 is 1.76 bits per heavy atom. The van der Waals surface area contributed by atoms with Gasteiger partial charge >= 0.3 is 0 Å². The van der Waals surface area contributed by atoms with Crippen LogP contribution in [0.2, 0.25) is 0 Å². The van der Waals surface area contributed by atoms with Crippen LogP contribution in [0.5, 0.6) is 0 Å². The second-order valence-corrected chi connectivity index (χ2v) is 11.2. The zero-order valence-electron chi connectivity index (χ0n) is 22.1. The summed E-state index contributed by atoms with van der Waals surface area (Å²) < 4.78 is 0. The third-order valence-electron chi connectivity index (χ3n) is 7.46. The molecular formula is C27H48N4O2S. The molecule has 2 aliphatic heterocycles. The van der Waals surface area contributed by atoms with Gasteiger partial charge in [-0.1, -0.05) is 26.3 Å². The minimum absolute atomic E-state index is 0.255. The summed E-state index contributed by atoms with van der Waals surface area (Å²) >= 11 is 1.64. The Bertz CT molecular complexity index is 672. The molecule has 3 fully saturated rings. The maximum absolute atomic E-state index is 13.2. The lowest BCUT2D eigenvalue weighted by atomic mass is 9.78. The molecule has 2 heterocycles. The van der Waals surface area contributed by atoms with Crippen molar-refractivity contribution in [3.05, 3.63) is 22.5 Å². The molecule has 1 aliphatic carbocycles. The summed E-state index contributed by atoms with van der Waals surface area (Å²) in [6, 6.07) is 0.468. The van der Waals surface area contributed by atoms with E-state index in [2.05, 4.69) is 48.1 Å². The summed E-state index contributed by atoms with van der Waals surface area (Å²) in [7, 11) is 6.10. The highest BCUT2D eigenvalue weighted by Gasteiger charge is 2.36. The first-order chi connectivity index (χ1) is 16.4. The highest BCUT2D eigenvalue weighted by atomic mass is 32.2. The molecule has 1 saturated carbocycles. The second kappa shape index (κ2) is 15.6. The molecule has 2 amide bonds. The summed E-state index contributed by atoms with van der Waals surface area (Å²) in [5.74, 6) is 1.42. The molecule has 3 rings (SSSR count). The van der Waals surface area contributed by atoms with Gasteiger partial charge in [0.1, 0.15) is 0 Å². The lowest BCUT2D eigenvalue weighted by Crippen LogP contribution is -2.50. The second-order valence-electron chi connectivity index (χ2n) is 10.2. The lowest BCUT2D eigenvalue weighted by molar-refractivity contribution is -0.133. The average molecular weight is 493 g/mol. The SMILES string of the molecule is C=C(S/C=C(\CC)C(=O)N1CCCC2CCCCC21)C1CCN(C=O)CC1.CNCCN(C)C. The summed E-state index contributed by atoms with van der Waals surface area (Å²) in [5, 5.41) is 5.12. The van der Waals surface area contributed by atoms with Crippen molar-refractivity contribution in [1.29, 1.82) is 0 Å². The first-order valence-electron chi connectivity index (χ1n) is 13.2. The van der Waals surface area contributed by atoms with Crippen LogP contribution >= 0.6 is 11.8 Å². The topological polar surface area (TPSA) is 55.9 Å². The van der Waals surface area contributed by atoms with Gasteiger partial charge in [0.05, 0.1) is 0 Å². The summed E-state index contributed by atoms with van der Waals surface area (Å²) in [6.07, 6.45) is 11.2. The number of nitrogens with zero attached hydrogens (tertiary/aromatic N) is 3. The van der Waals surface area contributed by atoms with Crippen molar-refractivity contribution in [2.75, 3.05) is 53.9 Å². The average Bonchev–Trinajstić information content (AvgIpc) is 2.87. The Morgan fingerprint density at radius 1 is 1.09 bits per heavy atom. The van der Waals surface area contributed by atoms with Gasteiger partial charge in [-0.15, -0.1) is 11.8 Å². The number of nitrogens with one attached hydrogen (secondary N) is 1. The predicted molar refractivity (Wildman–Crippen MR) is 145 cm³/mol. The number of carbonyl (C=O) groups excluding carboxylic acids is 2. The standard InChI is InChI=1S/C22H34N2O2S.C5H14N2/c1-3-18(15-27-17(2)19-10-13-23(16-25)14-11-19)22(26)24-12-6-8-20-7-4-5-9-21(20)24;1-6-4-5-7(2)3/h15-16,19-21H,2-14H2,1H3;6H,4-5H2,1-3H3/b18-15+;. The smallest absolute Gasteiger partial charge is 0.250 e. The quantitative estimate of drug-likeness (QED) is 0.383. The molecule has 2 atom stereocenters. The zero-order valence-corrected chi connectivity index (χ0v) is 22.9. The van der Waals surface area contributed by atoms with Crippen LogP contribution in [-0.4, -0.2) is 86.9 Å². The maximum atomic E-state index is 13.2. The fourth-order valence-electron chi connectivity index (χ4n) is 5.25. The molecule has 2 saturated heterocycles. The molecular weight excluding hydrogens is 444 g/mol. The van der Waals surface area contributed by atoms with Gasteiger partial charge in [-0.05, 0) is 88.2 Å². The number of thioether (sulfide) groups is 1. The largest absolute Gasteiger partial charge is 0.345 e. The van der Waals surface area contributed by atoms with Gasteiger partial charge < -0.3 is 20.0 Å². The van der Waals surface area contributed by atoms with Crippen molar-refractivity contribution in [3.8, 4) is 0 Å². The number of allylic oxidation sites excluding steroid dienone is 1. The molecule has 7 heteroatoms. The van der Waals surface area contributed by atoms with E-state index in [0.717, 1.165) is 81.2 Å². The van der Waals surface area contributed by atoms with Gasteiger partial charge in [-0.3, -0.25) is 9.59 Å². The molecule has 2 unspecified atom stereocenters. The van der Waals surface area contributed by atoms with Crippen molar-refractivity contribution in [1.82, 2.24) is 20.0 Å². The van der Waals surface area contributed by atoms with Gasteiger partial charge in [0.15, 0.2) is 0 Å². The van der Waals surface area contributed by atoms with Crippen molar-refractivity contribution in [2.45, 2.75) is 70.8 Å². The molecule has 0 aromatic carbocycles. The van der Waals surface area contributed by atoms with Gasteiger partial charge in [0.2, 0.25) is 6.41 Å². The number of rotatable bonds is 9. The number of carbonyl (C=O) groups is 2. The van der Waals surface area contributed by atoms with E-state index in [1.54, 1.807) is 11.8 Å². The number of hydrogen-bond acceptors (Lipinski definition) is 5. The van der Waals surface area contributed by atoms with Gasteiger partial charge in [0.25, 0.3) is 5.91 Å². The third-order valence-corrected chi connectivity index (χ3v) is 8.49. The molecule has 0 radical (unpaired) electrons. The van der Waals surface area contributed by atoms with E-state index >= 15 is 0 Å². The molecule has 0 aromatic rings. The Labute approximate surface area is 212 Å². The van der Waals surface area contributed by atoms with Crippen LogP contribution in [0.15, 0.2) is 22.5 Å². The minimum Gasteiger partial charge on any atom is -0.345 e. The molecule has 3 aliphatic rings. The van der Waals surface area contributed by atoms with Crippen molar-refractivity contribution in [2.24, 2.45) is 11.8 Å². The van der Waals surface area contributed by atoms with E-state index in [1.165, 1.54) is 32.1 Å². The molecule has 34 heavy (non-hydrogen) atoms. The van der Waals surface area contributed by atoms with E-state index in [-0.39, 0.29) is 5.91 Å². The lowest BCUT2D eigenvalue weighted by Gasteiger charge is -2.44. The Morgan fingerprint density at radius 3 is 2.35 bits per heavy atom. The number of likely N-dealkylation sites (N-methyl/N-ethyl adjacent to an activating group) is 2. The van der Waals surface area contributed by atoms with Crippen LogP contribution < -0.4 is 5.32 Å². The molecule has 0 aromatic heterocycles. The van der Waals surface area contributed by atoms with E-state index in [4.69, 9.17) is 0 Å². The predicted octanol–water partition coefficient (Wildman–Crippen LogP) is 4.34. The van der Waals surface area contributed by atoms with Crippen LogP contribution in [0.1, 0.15) is 64.7 Å². The number of fused-ring (bicyclic) bond motifs is 1. The van der Waals surface area contributed by atoms with Gasteiger partial charge in [-0.2, -0.15) is 0 Å². The number of amides is 2. The summed E-state index contributed by atoms with van der Waals surface area (Å²) in [5.41, 5.74) is 0.928. The van der Waals surface area contributed by atoms with Crippen molar-refractivity contribution >= 4 is 24.1 Å². The van der Waals surface area contributed by atoms with Crippen molar-refractivity contribution < 1.29 is 9.59 Å². The number of likely N-dealkylation sites (tertiary alicyclic amines) is 2. The fourth-order valence-corrected chi connectivity index (χ4v) is 6.24. The first-order valence-corrected chi connectivity index (χ1v) is 14.1. The fraction of sp³-hybridized carbons (Fsp3) is 0.778. The zero-order chi connectivity index (χ0) is 24.9. The molecule has 1 N–H and O–H groups in total. The third kappa shape index (κ3) is 9.04. The first kappa shape index (κ1) is 28.9. The van der Waals surface area contributed by atoms with Crippen LogP contribution in [0.3, 0.4) is 0 Å². The van der Waals surface area contributed by atoms with E-state index in [0.29, 0.717) is 12.0 Å². The van der Waals surface area contributed by atoms with Crippen molar-refractivity contribution in [3.63, 3.8) is 0 Å². The normalized spacial score (nSPS) is 23.7. The molecule has 6 nitrogen and oxygen atoms in total. The van der Waals surface area contributed by atoms with E-state index in [9.17, 15) is 9.59 Å².